The molecule has 0 bridgehead atoms. The normalized spacial score (nSPS) is 24.8. The first-order chi connectivity index (χ1) is 13.9. The number of rotatable bonds is 6. The Hall–Kier alpha value is -1.83. The molecule has 0 spiro atoms. The van der Waals surface area contributed by atoms with Gasteiger partial charge in [-0.05, 0) is 31.4 Å². The maximum absolute atomic E-state index is 13.1. The van der Waals surface area contributed by atoms with Crippen molar-refractivity contribution in [2.75, 3.05) is 13.1 Å². The summed E-state index contributed by atoms with van der Waals surface area (Å²) >= 11 is 6.02. The average Bonchev–Trinajstić information content (AvgIpc) is 3.30. The van der Waals surface area contributed by atoms with Crippen LogP contribution in [0.3, 0.4) is 0 Å². The number of nitriles is 1. The molecule has 30 heavy (non-hydrogen) atoms. The molecule has 1 N–H and O–H groups in total. The zero-order valence-corrected chi connectivity index (χ0v) is 17.7. The monoisotopic (exact) mass is 463 g/mol. The first-order valence-electron chi connectivity index (χ1n) is 9.42. The summed E-state index contributed by atoms with van der Waals surface area (Å²) in [7, 11) is -3.97. The van der Waals surface area contributed by atoms with Crippen LogP contribution in [0.2, 0.25) is 5.02 Å². The van der Waals surface area contributed by atoms with Gasteiger partial charge < -0.3 is 5.32 Å². The van der Waals surface area contributed by atoms with Crippen molar-refractivity contribution in [1.29, 1.82) is 5.26 Å². The lowest BCUT2D eigenvalue weighted by Gasteiger charge is -2.28. The van der Waals surface area contributed by atoms with Crippen LogP contribution in [0.1, 0.15) is 26.2 Å². The largest absolute Gasteiger partial charge is 0.392 e. The molecule has 2 aliphatic rings. The van der Waals surface area contributed by atoms with Crippen molar-refractivity contribution >= 4 is 27.3 Å². The van der Waals surface area contributed by atoms with Gasteiger partial charge in [-0.2, -0.15) is 18.4 Å². The third kappa shape index (κ3) is 4.58. The van der Waals surface area contributed by atoms with Gasteiger partial charge in [-0.15, -0.1) is 0 Å². The van der Waals surface area contributed by atoms with Gasteiger partial charge in [0.15, 0.2) is 9.84 Å². The van der Waals surface area contributed by atoms with Gasteiger partial charge in [0.05, 0.1) is 33.2 Å². The lowest BCUT2D eigenvalue weighted by Crippen LogP contribution is -2.49. The molecule has 1 aromatic carbocycles. The molecule has 1 aromatic rings. The summed E-state index contributed by atoms with van der Waals surface area (Å²) in [5, 5.41) is 10.7. The Morgan fingerprint density at radius 3 is 2.57 bits per heavy atom. The second-order valence-corrected chi connectivity index (χ2v) is 10.5. The molecule has 1 aliphatic heterocycles. The molecule has 2 fully saturated rings. The number of carbonyl (C=O) groups is 1. The fraction of sp³-hybridized carbons (Fsp3) is 0.579. The van der Waals surface area contributed by atoms with Gasteiger partial charge in [-0.1, -0.05) is 30.7 Å². The van der Waals surface area contributed by atoms with E-state index >= 15 is 0 Å². The molecule has 1 unspecified atom stereocenters. The number of hydrogen-bond donors (Lipinski definition) is 1. The Kier molecular flexibility index (Phi) is 6.11. The molecule has 164 valence electrons. The summed E-state index contributed by atoms with van der Waals surface area (Å²) in [5.74, 6) is -2.37. The molecule has 0 radical (unpaired) electrons. The van der Waals surface area contributed by atoms with E-state index in [-0.39, 0.29) is 22.9 Å². The van der Waals surface area contributed by atoms with Crippen LogP contribution < -0.4 is 5.32 Å². The van der Waals surface area contributed by atoms with Crippen LogP contribution in [-0.4, -0.2) is 55.3 Å². The summed E-state index contributed by atoms with van der Waals surface area (Å²) < 4.78 is 65.5. The molecule has 6 nitrogen and oxygen atoms in total. The van der Waals surface area contributed by atoms with Gasteiger partial charge in [0, 0.05) is 13.1 Å². The van der Waals surface area contributed by atoms with Crippen LogP contribution in [-0.2, 0) is 14.6 Å². The van der Waals surface area contributed by atoms with Crippen LogP contribution in [0, 0.1) is 17.2 Å². The minimum atomic E-state index is -4.48. The first kappa shape index (κ1) is 22.8. The molecule has 1 heterocycles. The predicted octanol–water partition coefficient (Wildman–Crippen LogP) is 2.93. The minimum Gasteiger partial charge on any atom is -0.336 e. The van der Waals surface area contributed by atoms with Gasteiger partial charge in [0.1, 0.15) is 5.54 Å². The van der Waals surface area contributed by atoms with Crippen molar-refractivity contribution in [1.82, 2.24) is 10.2 Å². The summed E-state index contributed by atoms with van der Waals surface area (Å²) in [6.45, 7) is 0.240. The Balaban J connectivity index is 1.86. The molecule has 3 atom stereocenters. The van der Waals surface area contributed by atoms with E-state index in [0.717, 1.165) is 6.92 Å². The predicted molar refractivity (Wildman–Crippen MR) is 103 cm³/mol. The molecule has 1 amide bonds. The van der Waals surface area contributed by atoms with Crippen molar-refractivity contribution in [3.63, 3.8) is 0 Å². The Labute approximate surface area is 177 Å². The molecule has 3 rings (SSSR count). The number of nitrogens with one attached hydrogen (secondary N) is 1. The van der Waals surface area contributed by atoms with Crippen LogP contribution in [0.15, 0.2) is 29.2 Å². The van der Waals surface area contributed by atoms with E-state index in [0.29, 0.717) is 12.8 Å². The molecular weight excluding hydrogens is 443 g/mol. The quantitative estimate of drug-likeness (QED) is 0.700. The van der Waals surface area contributed by atoms with Gasteiger partial charge in [-0.25, -0.2) is 8.42 Å². The highest BCUT2D eigenvalue weighted by atomic mass is 35.5. The number of sulfone groups is 1. The summed E-state index contributed by atoms with van der Waals surface area (Å²) in [6, 6.07) is 6.74. The van der Waals surface area contributed by atoms with Crippen LogP contribution >= 0.6 is 11.6 Å². The van der Waals surface area contributed by atoms with E-state index in [4.69, 9.17) is 11.6 Å². The molecular formula is C19H21ClF3N3O3S. The van der Waals surface area contributed by atoms with Crippen molar-refractivity contribution < 1.29 is 26.4 Å². The number of halogens is 4. The lowest BCUT2D eigenvalue weighted by atomic mass is 10.1. The van der Waals surface area contributed by atoms with E-state index in [9.17, 15) is 31.6 Å². The molecule has 1 saturated heterocycles. The van der Waals surface area contributed by atoms with Crippen molar-refractivity contribution in [2.45, 2.75) is 54.1 Å². The molecule has 0 aromatic heterocycles. The van der Waals surface area contributed by atoms with Gasteiger partial charge in [0.25, 0.3) is 0 Å². The third-order valence-electron chi connectivity index (χ3n) is 5.64. The number of likely N-dealkylation sites (tertiary alicyclic amines) is 1. The number of carbonyl (C=O) groups excluding carboxylic acids is 1. The highest BCUT2D eigenvalue weighted by Gasteiger charge is 2.50. The maximum Gasteiger partial charge on any atom is 0.392 e. The molecule has 1 saturated carbocycles. The first-order valence-corrected chi connectivity index (χ1v) is 11.3. The van der Waals surface area contributed by atoms with Gasteiger partial charge in [-0.3, -0.25) is 9.69 Å². The number of hydrogen-bond acceptors (Lipinski definition) is 5. The number of benzene rings is 1. The van der Waals surface area contributed by atoms with Gasteiger partial charge in [0.2, 0.25) is 5.91 Å². The highest BCUT2D eigenvalue weighted by molar-refractivity contribution is 7.92. The Bertz CT molecular complexity index is 973. The fourth-order valence-corrected chi connectivity index (χ4v) is 5.83. The van der Waals surface area contributed by atoms with Crippen LogP contribution in [0.4, 0.5) is 13.2 Å². The zero-order chi connectivity index (χ0) is 22.3. The minimum absolute atomic E-state index is 0.0158. The summed E-state index contributed by atoms with van der Waals surface area (Å²) in [6.07, 6.45) is -3.74. The molecule has 1 aliphatic carbocycles. The van der Waals surface area contributed by atoms with E-state index < -0.39 is 51.2 Å². The topological polar surface area (TPSA) is 90.3 Å². The maximum atomic E-state index is 13.1. The Morgan fingerprint density at radius 2 is 2.03 bits per heavy atom. The van der Waals surface area contributed by atoms with Crippen molar-refractivity contribution in [3.05, 3.63) is 29.3 Å². The smallest absolute Gasteiger partial charge is 0.336 e. The third-order valence-corrected chi connectivity index (χ3v) is 8.27. The number of amides is 1. The van der Waals surface area contributed by atoms with E-state index in [1.54, 1.807) is 6.07 Å². The van der Waals surface area contributed by atoms with E-state index in [1.165, 1.54) is 23.1 Å². The average molecular weight is 464 g/mol. The lowest BCUT2D eigenvalue weighted by molar-refractivity contribution is -0.175. The highest BCUT2D eigenvalue weighted by Crippen LogP contribution is 2.37. The fourth-order valence-electron chi connectivity index (χ4n) is 3.58. The standard InChI is InChI=1S/C19H21ClF3N3O3S/c1-12(19(21,22)23)9-26-10-13(30(28,29)16-5-3-2-4-14(16)20)8-15(26)17(27)25-18(11-24)6-7-18/h2-5,12-13,15H,6-10H2,1H3,(H,25,27)/t12?,13-,15+/m1/s1. The number of nitrogens with zero attached hydrogens (tertiary/aromatic N) is 2. The van der Waals surface area contributed by atoms with E-state index in [2.05, 4.69) is 5.32 Å². The SMILES string of the molecule is CC(CN1C[C@H](S(=O)(=O)c2ccccc2Cl)C[C@H]1C(=O)NC1(C#N)CC1)C(F)(F)F. The summed E-state index contributed by atoms with van der Waals surface area (Å²) in [4.78, 5) is 13.9. The zero-order valence-electron chi connectivity index (χ0n) is 16.1. The second kappa shape index (κ2) is 8.02. The van der Waals surface area contributed by atoms with Crippen LogP contribution in [0.5, 0.6) is 0 Å². The number of alkyl halides is 3. The van der Waals surface area contributed by atoms with E-state index in [1.807, 2.05) is 6.07 Å². The Morgan fingerprint density at radius 1 is 1.40 bits per heavy atom. The second-order valence-electron chi connectivity index (χ2n) is 7.93. The van der Waals surface area contributed by atoms with Crippen molar-refractivity contribution in [2.24, 2.45) is 5.92 Å². The van der Waals surface area contributed by atoms with Gasteiger partial charge >= 0.3 is 6.18 Å². The van der Waals surface area contributed by atoms with Crippen molar-refractivity contribution in [3.8, 4) is 6.07 Å². The summed E-state index contributed by atoms with van der Waals surface area (Å²) in [5.41, 5.74) is -1.00. The molecule has 11 heteroatoms. The van der Waals surface area contributed by atoms with Crippen LogP contribution in [0.25, 0.3) is 0 Å².